The summed E-state index contributed by atoms with van der Waals surface area (Å²) in [6.45, 7) is 0. The number of benzene rings is 6. The second-order valence-electron chi connectivity index (χ2n) is 10.1. The number of rotatable bonds is 4. The van der Waals surface area contributed by atoms with E-state index in [1.165, 1.54) is 66.8 Å². The van der Waals surface area contributed by atoms with Gasteiger partial charge in [0.25, 0.3) is 0 Å². The molecule has 0 nitrogen and oxygen atoms in total. The summed E-state index contributed by atoms with van der Waals surface area (Å²) >= 11 is 0. The van der Waals surface area contributed by atoms with Crippen LogP contribution in [0.15, 0.2) is 170 Å². The first kappa shape index (κ1) is 23.9. The van der Waals surface area contributed by atoms with Crippen molar-refractivity contribution in [2.24, 2.45) is 0 Å². The van der Waals surface area contributed by atoms with E-state index in [-0.39, 0.29) is 0 Å². The Hall–Kier alpha value is -5.20. The largest absolute Gasteiger partial charge is 0.0622 e. The highest BCUT2D eigenvalue weighted by molar-refractivity contribution is 6.15. The average Bonchev–Trinajstić information content (AvgIpc) is 3.03. The van der Waals surface area contributed by atoms with Gasteiger partial charge in [-0.3, -0.25) is 0 Å². The molecule has 1 aliphatic rings. The molecule has 0 bridgehead atoms. The quantitative estimate of drug-likeness (QED) is 0.222. The standard InChI is InChI=1S/C40H28/c1-5-17-29(18-6-1)37-33-25-13-14-26-34(33)39(31-21-9-3-10-22-31)40(32-23-11-4-12-24-32)36-28-16-15-27-35(36)38(37)30-19-7-2-8-20-30/h1-28H/b37-33?,38-35?,38-37-,39-34?,40-36?,40-39-. The van der Waals surface area contributed by atoms with Crippen LogP contribution in [0.25, 0.3) is 22.3 Å². The van der Waals surface area contributed by atoms with Gasteiger partial charge in [-0.05, 0) is 66.8 Å². The second-order valence-corrected chi connectivity index (χ2v) is 10.1. The zero-order chi connectivity index (χ0) is 26.7. The third kappa shape index (κ3) is 4.21. The minimum atomic E-state index is 1.21. The third-order valence-corrected chi connectivity index (χ3v) is 7.68. The van der Waals surface area contributed by atoms with E-state index < -0.39 is 0 Å². The zero-order valence-corrected chi connectivity index (χ0v) is 22.2. The van der Waals surface area contributed by atoms with Crippen molar-refractivity contribution in [3.63, 3.8) is 0 Å². The maximum absolute atomic E-state index is 2.29. The van der Waals surface area contributed by atoms with Crippen LogP contribution < -0.4 is 0 Å². The Morgan fingerprint density at radius 1 is 0.175 bits per heavy atom. The summed E-state index contributed by atoms with van der Waals surface area (Å²) in [6, 6.07) is 61.3. The summed E-state index contributed by atoms with van der Waals surface area (Å²) in [5, 5.41) is 0. The monoisotopic (exact) mass is 508 g/mol. The van der Waals surface area contributed by atoms with Crippen molar-refractivity contribution in [1.82, 2.24) is 0 Å². The molecule has 0 heterocycles. The Kier molecular flexibility index (Phi) is 6.28. The van der Waals surface area contributed by atoms with Gasteiger partial charge < -0.3 is 0 Å². The van der Waals surface area contributed by atoms with E-state index in [4.69, 9.17) is 0 Å². The van der Waals surface area contributed by atoms with E-state index in [1.54, 1.807) is 0 Å². The molecule has 7 rings (SSSR count). The molecular weight excluding hydrogens is 480 g/mol. The molecule has 188 valence electrons. The van der Waals surface area contributed by atoms with Crippen molar-refractivity contribution in [3.8, 4) is 0 Å². The fourth-order valence-corrected chi connectivity index (χ4v) is 6.00. The Labute approximate surface area is 236 Å². The fourth-order valence-electron chi connectivity index (χ4n) is 6.00. The molecule has 0 amide bonds. The fraction of sp³-hybridized carbons (Fsp3) is 0. The number of fused-ring (bicyclic) bond motifs is 2. The zero-order valence-electron chi connectivity index (χ0n) is 22.2. The second kappa shape index (κ2) is 10.5. The molecule has 0 unspecified atom stereocenters. The van der Waals surface area contributed by atoms with Crippen LogP contribution in [0.1, 0.15) is 44.5 Å². The van der Waals surface area contributed by atoms with E-state index in [1.807, 2.05) is 0 Å². The molecule has 0 saturated heterocycles. The van der Waals surface area contributed by atoms with Crippen LogP contribution >= 0.6 is 0 Å². The van der Waals surface area contributed by atoms with Crippen molar-refractivity contribution in [3.05, 3.63) is 214 Å². The highest BCUT2D eigenvalue weighted by Gasteiger charge is 2.28. The van der Waals surface area contributed by atoms with E-state index in [9.17, 15) is 0 Å². The van der Waals surface area contributed by atoms with Gasteiger partial charge in [0.2, 0.25) is 0 Å². The van der Waals surface area contributed by atoms with Gasteiger partial charge in [-0.2, -0.15) is 0 Å². The van der Waals surface area contributed by atoms with Gasteiger partial charge in [0, 0.05) is 0 Å². The molecule has 0 spiro atoms. The van der Waals surface area contributed by atoms with E-state index >= 15 is 0 Å². The van der Waals surface area contributed by atoms with Gasteiger partial charge in [-0.25, -0.2) is 0 Å². The topological polar surface area (TPSA) is 0 Å². The van der Waals surface area contributed by atoms with E-state index in [0.717, 1.165) is 0 Å². The van der Waals surface area contributed by atoms with Gasteiger partial charge in [-0.15, -0.1) is 0 Å². The van der Waals surface area contributed by atoms with Crippen LogP contribution in [0.4, 0.5) is 0 Å². The van der Waals surface area contributed by atoms with Crippen LogP contribution in [-0.2, 0) is 0 Å². The summed E-state index contributed by atoms with van der Waals surface area (Å²) < 4.78 is 0. The molecule has 0 fully saturated rings. The lowest BCUT2D eigenvalue weighted by Gasteiger charge is -2.28. The molecule has 0 saturated carbocycles. The lowest BCUT2D eigenvalue weighted by Crippen LogP contribution is -2.08. The molecule has 0 aromatic heterocycles. The molecule has 0 radical (unpaired) electrons. The first-order valence-corrected chi connectivity index (χ1v) is 13.8. The van der Waals surface area contributed by atoms with Crippen molar-refractivity contribution >= 4 is 22.3 Å². The molecule has 6 aromatic carbocycles. The summed E-state index contributed by atoms with van der Waals surface area (Å²) in [4.78, 5) is 0. The Morgan fingerprint density at radius 2 is 0.350 bits per heavy atom. The molecule has 1 aliphatic carbocycles. The van der Waals surface area contributed by atoms with E-state index in [0.29, 0.717) is 0 Å². The van der Waals surface area contributed by atoms with Crippen LogP contribution in [-0.4, -0.2) is 0 Å². The van der Waals surface area contributed by atoms with Crippen LogP contribution in [0, 0.1) is 0 Å². The molecule has 0 atom stereocenters. The molecule has 0 aliphatic heterocycles. The first-order valence-electron chi connectivity index (χ1n) is 13.8. The van der Waals surface area contributed by atoms with Gasteiger partial charge in [0.15, 0.2) is 0 Å². The maximum Gasteiger partial charge on any atom is -0.00203 e. The predicted octanol–water partition coefficient (Wildman–Crippen LogP) is 10.0. The molecule has 40 heavy (non-hydrogen) atoms. The van der Waals surface area contributed by atoms with Gasteiger partial charge in [0.05, 0.1) is 0 Å². The van der Waals surface area contributed by atoms with Crippen LogP contribution in [0.3, 0.4) is 0 Å². The lowest BCUT2D eigenvalue weighted by atomic mass is 9.74. The van der Waals surface area contributed by atoms with Gasteiger partial charge in [-0.1, -0.05) is 170 Å². The average molecular weight is 509 g/mol. The predicted molar refractivity (Wildman–Crippen MR) is 169 cm³/mol. The summed E-state index contributed by atoms with van der Waals surface area (Å²) in [5.74, 6) is 0. The Balaban J connectivity index is 1.73. The molecular formula is C40H28. The summed E-state index contributed by atoms with van der Waals surface area (Å²) in [6.07, 6.45) is 0. The minimum absolute atomic E-state index is 1.21. The SMILES string of the molecule is c1ccc(/C2=C(\c3ccccc3)c3ccccc3/C(c3ccccc3)=C(/c3ccccc3)c3ccccc32)cc1. The third-order valence-electron chi connectivity index (χ3n) is 7.68. The first-order chi connectivity index (χ1) is 19.9. The highest BCUT2D eigenvalue weighted by atomic mass is 14.3. The van der Waals surface area contributed by atoms with Crippen LogP contribution in [0.5, 0.6) is 0 Å². The number of hydrogen-bond acceptors (Lipinski definition) is 0. The van der Waals surface area contributed by atoms with Crippen molar-refractivity contribution in [2.45, 2.75) is 0 Å². The van der Waals surface area contributed by atoms with E-state index in [2.05, 4.69) is 170 Å². The minimum Gasteiger partial charge on any atom is -0.0622 e. The highest BCUT2D eigenvalue weighted by Crippen LogP contribution is 2.48. The van der Waals surface area contributed by atoms with Gasteiger partial charge in [0.1, 0.15) is 0 Å². The smallest absolute Gasteiger partial charge is 0.00203 e. The Morgan fingerprint density at radius 3 is 0.550 bits per heavy atom. The molecule has 0 heteroatoms. The summed E-state index contributed by atoms with van der Waals surface area (Å²) in [5.41, 5.74) is 14.7. The Bertz CT molecular complexity index is 1560. The number of hydrogen-bond donors (Lipinski definition) is 0. The van der Waals surface area contributed by atoms with Crippen molar-refractivity contribution < 1.29 is 0 Å². The van der Waals surface area contributed by atoms with Crippen LogP contribution in [0.2, 0.25) is 0 Å². The van der Waals surface area contributed by atoms with Crippen molar-refractivity contribution in [1.29, 1.82) is 0 Å². The lowest BCUT2D eigenvalue weighted by molar-refractivity contribution is 1.42. The maximum atomic E-state index is 2.29. The summed E-state index contributed by atoms with van der Waals surface area (Å²) in [7, 11) is 0. The van der Waals surface area contributed by atoms with Crippen molar-refractivity contribution in [2.75, 3.05) is 0 Å². The molecule has 0 N–H and O–H groups in total. The normalized spacial score (nSPS) is 16.4. The van der Waals surface area contributed by atoms with Gasteiger partial charge >= 0.3 is 0 Å². The molecule has 6 aromatic rings.